The molecule has 1 fully saturated rings. The summed E-state index contributed by atoms with van der Waals surface area (Å²) in [7, 11) is 1.56. The number of hydrogen-bond donors (Lipinski definition) is 3. The molecule has 1 saturated carbocycles. The molecule has 0 radical (unpaired) electrons. The summed E-state index contributed by atoms with van der Waals surface area (Å²) in [6.07, 6.45) is 1.03. The van der Waals surface area contributed by atoms with Gasteiger partial charge < -0.3 is 14.8 Å². The van der Waals surface area contributed by atoms with E-state index in [4.69, 9.17) is 9.47 Å². The monoisotopic (exact) mass is 397 g/mol. The molecule has 0 heterocycles. The molecule has 0 spiro atoms. The smallest absolute Gasteiger partial charge is 0.279 e. The molecule has 1 unspecified atom stereocenters. The molecule has 3 N–H and O–H groups in total. The van der Waals surface area contributed by atoms with E-state index in [1.807, 2.05) is 0 Å². The standard InChI is InChI=1S/C21H23N3O5/c1-13(29-18-11-9-17(28-2)10-12-18)19(25)23-24-21(27)15-5-7-16(8-6-15)22-20(26)14-3-4-14/h5-14H,3-4H2,1-2H3,(H,22,26)(H,23,25)(H,24,27). The second-order valence-corrected chi connectivity index (χ2v) is 6.72. The molecule has 29 heavy (non-hydrogen) atoms. The highest BCUT2D eigenvalue weighted by atomic mass is 16.5. The van der Waals surface area contributed by atoms with Gasteiger partial charge in [-0.05, 0) is 68.3 Å². The second kappa shape index (κ2) is 9.09. The minimum absolute atomic E-state index is 0.000289. The lowest BCUT2D eigenvalue weighted by Crippen LogP contribution is -2.47. The fourth-order valence-electron chi connectivity index (χ4n) is 2.50. The van der Waals surface area contributed by atoms with Gasteiger partial charge in [-0.2, -0.15) is 0 Å². The maximum absolute atomic E-state index is 12.2. The van der Waals surface area contributed by atoms with Gasteiger partial charge in [0.05, 0.1) is 7.11 Å². The van der Waals surface area contributed by atoms with Crippen LogP contribution < -0.4 is 25.6 Å². The molecule has 2 aromatic carbocycles. The van der Waals surface area contributed by atoms with Crippen molar-refractivity contribution in [3.05, 3.63) is 54.1 Å². The molecule has 152 valence electrons. The molecule has 0 bridgehead atoms. The predicted molar refractivity (Wildman–Crippen MR) is 106 cm³/mol. The topological polar surface area (TPSA) is 106 Å². The predicted octanol–water partition coefficient (Wildman–Crippen LogP) is 2.27. The lowest BCUT2D eigenvalue weighted by Gasteiger charge is -2.15. The van der Waals surface area contributed by atoms with Crippen LogP contribution in [-0.2, 0) is 9.59 Å². The Bertz CT molecular complexity index is 876. The molecule has 0 aliphatic heterocycles. The van der Waals surface area contributed by atoms with Gasteiger partial charge in [0.25, 0.3) is 11.8 Å². The van der Waals surface area contributed by atoms with E-state index in [1.54, 1.807) is 62.6 Å². The first-order valence-corrected chi connectivity index (χ1v) is 9.28. The molecule has 8 heteroatoms. The number of carbonyl (C=O) groups excluding carboxylic acids is 3. The minimum Gasteiger partial charge on any atom is -0.497 e. The summed E-state index contributed by atoms with van der Waals surface area (Å²) in [5.41, 5.74) is 5.66. The molecule has 8 nitrogen and oxygen atoms in total. The van der Waals surface area contributed by atoms with Crippen LogP contribution in [0.2, 0.25) is 0 Å². The number of amides is 3. The van der Waals surface area contributed by atoms with E-state index in [0.29, 0.717) is 22.7 Å². The van der Waals surface area contributed by atoms with Crippen LogP contribution in [0, 0.1) is 5.92 Å². The molecule has 3 rings (SSSR count). The first-order chi connectivity index (χ1) is 14.0. The molecule has 0 saturated heterocycles. The van der Waals surface area contributed by atoms with Gasteiger partial charge in [-0.1, -0.05) is 0 Å². The highest BCUT2D eigenvalue weighted by Gasteiger charge is 2.29. The van der Waals surface area contributed by atoms with Crippen LogP contribution >= 0.6 is 0 Å². The summed E-state index contributed by atoms with van der Waals surface area (Å²) in [4.78, 5) is 36.1. The van der Waals surface area contributed by atoms with Crippen LogP contribution in [0.25, 0.3) is 0 Å². The van der Waals surface area contributed by atoms with Crippen molar-refractivity contribution in [3.8, 4) is 11.5 Å². The van der Waals surface area contributed by atoms with Crippen LogP contribution in [0.1, 0.15) is 30.1 Å². The van der Waals surface area contributed by atoms with Crippen LogP contribution in [0.4, 0.5) is 5.69 Å². The number of hydrogen-bond acceptors (Lipinski definition) is 5. The Kier molecular flexibility index (Phi) is 6.33. The Hall–Kier alpha value is -3.55. The van der Waals surface area contributed by atoms with Crippen molar-refractivity contribution >= 4 is 23.4 Å². The van der Waals surface area contributed by atoms with Crippen molar-refractivity contribution in [2.75, 3.05) is 12.4 Å². The van der Waals surface area contributed by atoms with Gasteiger partial charge in [0.1, 0.15) is 11.5 Å². The van der Waals surface area contributed by atoms with E-state index in [2.05, 4.69) is 16.2 Å². The van der Waals surface area contributed by atoms with E-state index in [9.17, 15) is 14.4 Å². The summed E-state index contributed by atoms with van der Waals surface area (Å²) in [5.74, 6) is 0.316. The molecular weight excluding hydrogens is 374 g/mol. The Morgan fingerprint density at radius 1 is 0.931 bits per heavy atom. The first-order valence-electron chi connectivity index (χ1n) is 9.28. The zero-order valence-corrected chi connectivity index (χ0v) is 16.2. The van der Waals surface area contributed by atoms with Crippen LogP contribution in [0.3, 0.4) is 0 Å². The summed E-state index contributed by atoms with van der Waals surface area (Å²) in [6, 6.07) is 13.2. The fraction of sp³-hybridized carbons (Fsp3) is 0.286. The Morgan fingerprint density at radius 2 is 1.55 bits per heavy atom. The lowest BCUT2D eigenvalue weighted by molar-refractivity contribution is -0.128. The molecule has 2 aromatic rings. The molecule has 1 aliphatic rings. The third-order valence-electron chi connectivity index (χ3n) is 4.40. The molecule has 3 amide bonds. The van der Waals surface area contributed by atoms with Gasteiger partial charge in [-0.3, -0.25) is 25.2 Å². The summed E-state index contributed by atoms with van der Waals surface area (Å²) in [5, 5.41) is 2.80. The Labute approximate surface area is 168 Å². The maximum Gasteiger partial charge on any atom is 0.279 e. The van der Waals surface area contributed by atoms with Crippen molar-refractivity contribution in [3.63, 3.8) is 0 Å². The number of rotatable bonds is 7. The summed E-state index contributed by atoms with van der Waals surface area (Å²) < 4.78 is 10.6. The Morgan fingerprint density at radius 3 is 2.14 bits per heavy atom. The van der Waals surface area contributed by atoms with Gasteiger partial charge >= 0.3 is 0 Å². The number of carbonyl (C=O) groups is 3. The number of benzene rings is 2. The normalized spacial score (nSPS) is 13.7. The number of nitrogens with one attached hydrogen (secondary N) is 3. The first kappa shape index (κ1) is 20.2. The molecule has 0 aromatic heterocycles. The second-order valence-electron chi connectivity index (χ2n) is 6.72. The summed E-state index contributed by atoms with van der Waals surface area (Å²) in [6.45, 7) is 1.57. The molecular formula is C21H23N3O5. The van der Waals surface area contributed by atoms with Gasteiger partial charge in [-0.15, -0.1) is 0 Å². The number of anilines is 1. The van der Waals surface area contributed by atoms with E-state index in [-0.39, 0.29) is 11.8 Å². The quantitative estimate of drug-likeness (QED) is 0.622. The average molecular weight is 397 g/mol. The third kappa shape index (κ3) is 5.71. The van der Waals surface area contributed by atoms with Gasteiger partial charge in [-0.25, -0.2) is 0 Å². The van der Waals surface area contributed by atoms with Crippen molar-refractivity contribution in [1.82, 2.24) is 10.9 Å². The highest BCUT2D eigenvalue weighted by Crippen LogP contribution is 2.30. The zero-order chi connectivity index (χ0) is 20.8. The van der Waals surface area contributed by atoms with Gasteiger partial charge in [0.2, 0.25) is 5.91 Å². The third-order valence-corrected chi connectivity index (χ3v) is 4.40. The lowest BCUT2D eigenvalue weighted by atomic mass is 10.2. The van der Waals surface area contributed by atoms with Crippen molar-refractivity contribution in [2.24, 2.45) is 5.92 Å². The molecule has 1 atom stereocenters. The fourth-order valence-corrected chi connectivity index (χ4v) is 2.50. The SMILES string of the molecule is COc1ccc(OC(C)C(=O)NNC(=O)c2ccc(NC(=O)C3CC3)cc2)cc1. The van der Waals surface area contributed by atoms with Crippen molar-refractivity contribution in [2.45, 2.75) is 25.9 Å². The molecule has 1 aliphatic carbocycles. The van der Waals surface area contributed by atoms with Crippen LogP contribution in [0.15, 0.2) is 48.5 Å². The average Bonchev–Trinajstić information content (AvgIpc) is 3.58. The van der Waals surface area contributed by atoms with Gasteiger partial charge in [0.15, 0.2) is 6.10 Å². The number of methoxy groups -OCH3 is 1. The van der Waals surface area contributed by atoms with Crippen molar-refractivity contribution < 1.29 is 23.9 Å². The largest absolute Gasteiger partial charge is 0.497 e. The maximum atomic E-state index is 12.2. The number of ether oxygens (including phenoxy) is 2. The van der Waals surface area contributed by atoms with Gasteiger partial charge in [0, 0.05) is 17.2 Å². The van der Waals surface area contributed by atoms with Crippen LogP contribution in [0.5, 0.6) is 11.5 Å². The van der Waals surface area contributed by atoms with Crippen LogP contribution in [-0.4, -0.2) is 30.9 Å². The van der Waals surface area contributed by atoms with E-state index >= 15 is 0 Å². The van der Waals surface area contributed by atoms with E-state index in [1.165, 1.54) is 0 Å². The van der Waals surface area contributed by atoms with E-state index in [0.717, 1.165) is 12.8 Å². The van der Waals surface area contributed by atoms with E-state index < -0.39 is 17.9 Å². The van der Waals surface area contributed by atoms with Crippen molar-refractivity contribution in [1.29, 1.82) is 0 Å². The Balaban J connectivity index is 1.45. The highest BCUT2D eigenvalue weighted by molar-refractivity contribution is 5.97. The summed E-state index contributed by atoms with van der Waals surface area (Å²) >= 11 is 0. The number of hydrazine groups is 1. The zero-order valence-electron chi connectivity index (χ0n) is 16.2. The minimum atomic E-state index is -0.816.